The maximum atomic E-state index is 11.8. The second-order valence-electron chi connectivity index (χ2n) is 5.16. The highest BCUT2D eigenvalue weighted by molar-refractivity contribution is 6.30. The van der Waals surface area contributed by atoms with Gasteiger partial charge in [0.1, 0.15) is 0 Å². The summed E-state index contributed by atoms with van der Waals surface area (Å²) in [6.45, 7) is 2.02. The number of aryl methyl sites for hydroxylation is 1. The van der Waals surface area contributed by atoms with E-state index in [-0.39, 0.29) is 5.69 Å². The molecule has 0 unspecified atom stereocenters. The van der Waals surface area contributed by atoms with E-state index in [9.17, 15) is 4.79 Å². The van der Waals surface area contributed by atoms with Crippen LogP contribution in [-0.2, 0) is 4.74 Å². The van der Waals surface area contributed by atoms with Crippen molar-refractivity contribution in [1.82, 2.24) is 9.78 Å². The van der Waals surface area contributed by atoms with Crippen molar-refractivity contribution < 1.29 is 9.53 Å². The minimum atomic E-state index is -0.467. The topological polar surface area (TPSA) is 44.1 Å². The van der Waals surface area contributed by atoms with E-state index in [0.29, 0.717) is 5.02 Å². The molecule has 23 heavy (non-hydrogen) atoms. The van der Waals surface area contributed by atoms with Crippen molar-refractivity contribution in [2.24, 2.45) is 0 Å². The Morgan fingerprint density at radius 1 is 1.09 bits per heavy atom. The summed E-state index contributed by atoms with van der Waals surface area (Å²) in [7, 11) is 1.34. The van der Waals surface area contributed by atoms with Crippen molar-refractivity contribution in [3.8, 4) is 16.9 Å². The number of hydrogen-bond acceptors (Lipinski definition) is 3. The number of nitrogens with zero attached hydrogens (tertiary/aromatic N) is 2. The van der Waals surface area contributed by atoms with Crippen molar-refractivity contribution in [3.05, 3.63) is 70.9 Å². The zero-order valence-corrected chi connectivity index (χ0v) is 13.5. The third-order valence-corrected chi connectivity index (χ3v) is 3.77. The Labute approximate surface area is 139 Å². The maximum Gasteiger partial charge on any atom is 0.358 e. The molecule has 116 valence electrons. The van der Waals surface area contributed by atoms with Crippen LogP contribution in [0.5, 0.6) is 0 Å². The van der Waals surface area contributed by atoms with Gasteiger partial charge in [0, 0.05) is 10.6 Å². The number of halogens is 1. The number of aromatic nitrogens is 2. The molecule has 0 fully saturated rings. The fraction of sp³-hybridized carbons (Fsp3) is 0.111. The lowest BCUT2D eigenvalue weighted by molar-refractivity contribution is 0.0593. The molecule has 0 spiro atoms. The number of hydrogen-bond donors (Lipinski definition) is 0. The average Bonchev–Trinajstić information content (AvgIpc) is 3.01. The molecule has 4 nitrogen and oxygen atoms in total. The van der Waals surface area contributed by atoms with Crippen LogP contribution in [-0.4, -0.2) is 22.9 Å². The average molecular weight is 327 g/mol. The SMILES string of the molecule is COC(=O)c1cc(-c2ccc(Cl)cc2)n(-c2ccc(C)cc2)n1. The van der Waals surface area contributed by atoms with Crippen LogP contribution >= 0.6 is 11.6 Å². The summed E-state index contributed by atoms with van der Waals surface area (Å²) in [6, 6.07) is 17.0. The molecule has 0 aliphatic rings. The van der Waals surface area contributed by atoms with Gasteiger partial charge in [-0.3, -0.25) is 0 Å². The highest BCUT2D eigenvalue weighted by atomic mass is 35.5. The van der Waals surface area contributed by atoms with Crippen molar-refractivity contribution >= 4 is 17.6 Å². The molecule has 0 saturated carbocycles. The summed E-state index contributed by atoms with van der Waals surface area (Å²) in [6.07, 6.45) is 0. The second-order valence-corrected chi connectivity index (χ2v) is 5.60. The number of carbonyl (C=O) groups excluding carboxylic acids is 1. The molecule has 3 aromatic rings. The Hall–Kier alpha value is -2.59. The van der Waals surface area contributed by atoms with Crippen molar-refractivity contribution in [2.75, 3.05) is 7.11 Å². The molecule has 3 rings (SSSR count). The lowest BCUT2D eigenvalue weighted by atomic mass is 10.1. The summed E-state index contributed by atoms with van der Waals surface area (Å²) in [5, 5.41) is 5.04. The molecule has 0 aliphatic heterocycles. The van der Waals surface area contributed by atoms with E-state index >= 15 is 0 Å². The molecule has 0 N–H and O–H groups in total. The highest BCUT2D eigenvalue weighted by Crippen LogP contribution is 2.26. The van der Waals surface area contributed by atoms with Gasteiger partial charge in [-0.2, -0.15) is 5.10 Å². The summed E-state index contributed by atoms with van der Waals surface area (Å²) in [4.78, 5) is 11.8. The van der Waals surface area contributed by atoms with Gasteiger partial charge < -0.3 is 4.74 Å². The molecule has 1 aromatic heterocycles. The van der Waals surface area contributed by atoms with E-state index in [2.05, 4.69) is 5.10 Å². The first-order chi connectivity index (χ1) is 11.1. The Kier molecular flexibility index (Phi) is 4.17. The van der Waals surface area contributed by atoms with Gasteiger partial charge in [-0.25, -0.2) is 9.48 Å². The van der Waals surface area contributed by atoms with E-state index in [0.717, 1.165) is 22.5 Å². The minimum absolute atomic E-state index is 0.262. The van der Waals surface area contributed by atoms with E-state index in [1.165, 1.54) is 7.11 Å². The first-order valence-corrected chi connectivity index (χ1v) is 7.47. The third kappa shape index (κ3) is 3.12. The van der Waals surface area contributed by atoms with Crippen LogP contribution in [0.25, 0.3) is 16.9 Å². The highest BCUT2D eigenvalue weighted by Gasteiger charge is 2.17. The van der Waals surface area contributed by atoms with Crippen LogP contribution in [0, 0.1) is 6.92 Å². The van der Waals surface area contributed by atoms with Gasteiger partial charge in [-0.05, 0) is 37.3 Å². The normalized spacial score (nSPS) is 10.6. The number of carbonyl (C=O) groups is 1. The van der Waals surface area contributed by atoms with E-state index in [1.807, 2.05) is 43.3 Å². The number of rotatable bonds is 3. The van der Waals surface area contributed by atoms with E-state index in [1.54, 1.807) is 22.9 Å². The fourth-order valence-electron chi connectivity index (χ4n) is 2.29. The van der Waals surface area contributed by atoms with E-state index < -0.39 is 5.97 Å². The van der Waals surface area contributed by atoms with Gasteiger partial charge >= 0.3 is 5.97 Å². The van der Waals surface area contributed by atoms with Crippen molar-refractivity contribution in [2.45, 2.75) is 6.92 Å². The Morgan fingerprint density at radius 3 is 2.35 bits per heavy atom. The molecular weight excluding hydrogens is 312 g/mol. The van der Waals surface area contributed by atoms with Gasteiger partial charge in [-0.15, -0.1) is 0 Å². The molecule has 0 atom stereocenters. The largest absolute Gasteiger partial charge is 0.464 e. The first-order valence-electron chi connectivity index (χ1n) is 7.10. The van der Waals surface area contributed by atoms with Gasteiger partial charge in [0.15, 0.2) is 5.69 Å². The molecule has 5 heteroatoms. The van der Waals surface area contributed by atoms with Gasteiger partial charge in [0.25, 0.3) is 0 Å². The summed E-state index contributed by atoms with van der Waals surface area (Å²) < 4.78 is 6.51. The zero-order chi connectivity index (χ0) is 16.4. The molecule has 2 aromatic carbocycles. The number of methoxy groups -OCH3 is 1. The third-order valence-electron chi connectivity index (χ3n) is 3.52. The van der Waals surface area contributed by atoms with Crippen LogP contribution in [0.15, 0.2) is 54.6 Å². The van der Waals surface area contributed by atoms with Crippen LogP contribution in [0.3, 0.4) is 0 Å². The zero-order valence-electron chi connectivity index (χ0n) is 12.8. The lowest BCUT2D eigenvalue weighted by Crippen LogP contribution is -2.04. The van der Waals surface area contributed by atoms with Crippen LogP contribution in [0.1, 0.15) is 16.1 Å². The minimum Gasteiger partial charge on any atom is -0.464 e. The Bertz CT molecular complexity index is 773. The van der Waals surface area contributed by atoms with Gasteiger partial charge in [0.05, 0.1) is 18.5 Å². The fourth-order valence-corrected chi connectivity index (χ4v) is 2.42. The molecule has 0 amide bonds. The molecule has 0 aliphatic carbocycles. The summed E-state index contributed by atoms with van der Waals surface area (Å²) >= 11 is 5.95. The molecule has 0 bridgehead atoms. The first kappa shape index (κ1) is 15.3. The van der Waals surface area contributed by atoms with Crippen LogP contribution < -0.4 is 0 Å². The quantitative estimate of drug-likeness (QED) is 0.674. The van der Waals surface area contributed by atoms with Crippen LogP contribution in [0.2, 0.25) is 5.02 Å². The standard InChI is InChI=1S/C18H15ClN2O2/c1-12-3-9-15(10-4-12)21-17(11-16(20-21)18(22)23-2)13-5-7-14(19)8-6-13/h3-11H,1-2H3. The van der Waals surface area contributed by atoms with Crippen molar-refractivity contribution in [1.29, 1.82) is 0 Å². The van der Waals surface area contributed by atoms with Gasteiger partial charge in [0.2, 0.25) is 0 Å². The summed E-state index contributed by atoms with van der Waals surface area (Å²) in [5.41, 5.74) is 4.00. The molecule has 0 radical (unpaired) electrons. The summed E-state index contributed by atoms with van der Waals surface area (Å²) in [5.74, 6) is -0.467. The number of ether oxygens (including phenoxy) is 1. The Morgan fingerprint density at radius 2 is 1.74 bits per heavy atom. The Balaban J connectivity index is 2.16. The molecular formula is C18H15ClN2O2. The van der Waals surface area contributed by atoms with Crippen molar-refractivity contribution in [3.63, 3.8) is 0 Å². The number of esters is 1. The molecule has 1 heterocycles. The maximum absolute atomic E-state index is 11.8. The predicted octanol–water partition coefficient (Wildman–Crippen LogP) is 4.29. The second kappa shape index (κ2) is 6.26. The monoisotopic (exact) mass is 326 g/mol. The predicted molar refractivity (Wildman–Crippen MR) is 90.1 cm³/mol. The lowest BCUT2D eigenvalue weighted by Gasteiger charge is -2.08. The van der Waals surface area contributed by atoms with Crippen LogP contribution in [0.4, 0.5) is 0 Å². The van der Waals surface area contributed by atoms with Gasteiger partial charge in [-0.1, -0.05) is 41.4 Å². The van der Waals surface area contributed by atoms with E-state index in [4.69, 9.17) is 16.3 Å². The number of benzene rings is 2. The smallest absolute Gasteiger partial charge is 0.358 e. The molecule has 0 saturated heterocycles.